The van der Waals surface area contributed by atoms with Crippen LogP contribution in [0.5, 0.6) is 0 Å². The molecule has 1 unspecified atom stereocenters. The van der Waals surface area contributed by atoms with Crippen molar-refractivity contribution in [2.75, 3.05) is 0 Å². The Balaban J connectivity index is 0. The van der Waals surface area contributed by atoms with E-state index in [1.165, 1.54) is 0 Å². The zero-order chi connectivity index (χ0) is 4.28. The molecular weight excluding hydrogens is 119 g/mol. The van der Waals surface area contributed by atoms with Crippen LogP contribution in [-0.2, 0) is 12.6 Å². The molecule has 0 radical (unpaired) electrons. The number of hydrogen-bond acceptors (Lipinski definition) is 1. The molecule has 0 fully saturated rings. The molecule has 0 aliphatic carbocycles. The molecule has 1 atom stereocenters. The molecule has 0 N–H and O–H groups in total. The van der Waals surface area contributed by atoms with Crippen LogP contribution in [0.3, 0.4) is 0 Å². The van der Waals surface area contributed by atoms with Crippen molar-refractivity contribution < 1.29 is 51.4 Å². The fourth-order valence-corrected chi connectivity index (χ4v) is 0. The Morgan fingerprint density at radius 2 is 1.83 bits per heavy atom. The molecule has 0 bridgehead atoms. The first-order valence-corrected chi connectivity index (χ1v) is 2.40. The standard InChI is InChI=1S/C4H10S.K/c1-3-4(2)5;/h4-5H,3H2,1-2H3;/q;+1/p-1. The van der Waals surface area contributed by atoms with Crippen LogP contribution in [0.25, 0.3) is 0 Å². The summed E-state index contributed by atoms with van der Waals surface area (Å²) in [5, 5.41) is 0.468. The van der Waals surface area contributed by atoms with E-state index < -0.39 is 0 Å². The Hall–Kier alpha value is 1.99. The molecule has 6 heavy (non-hydrogen) atoms. The van der Waals surface area contributed by atoms with Gasteiger partial charge in [-0.15, -0.1) is 0 Å². The predicted molar refractivity (Wildman–Crippen MR) is 27.1 cm³/mol. The van der Waals surface area contributed by atoms with E-state index in [1.807, 2.05) is 6.92 Å². The molecule has 0 aromatic rings. The third kappa shape index (κ3) is 9.37. The Morgan fingerprint density at radius 1 is 1.67 bits per heavy atom. The summed E-state index contributed by atoms with van der Waals surface area (Å²) in [5.74, 6) is 0. The van der Waals surface area contributed by atoms with Gasteiger partial charge in [-0.1, -0.05) is 20.3 Å². The van der Waals surface area contributed by atoms with Crippen molar-refractivity contribution in [3.63, 3.8) is 0 Å². The molecular formula is C4H9KS. The van der Waals surface area contributed by atoms with Crippen molar-refractivity contribution in [2.45, 2.75) is 25.5 Å². The van der Waals surface area contributed by atoms with E-state index in [9.17, 15) is 0 Å². The van der Waals surface area contributed by atoms with Gasteiger partial charge < -0.3 is 12.6 Å². The molecule has 0 amide bonds. The molecule has 0 rings (SSSR count). The van der Waals surface area contributed by atoms with Gasteiger partial charge in [-0.05, 0) is 0 Å². The second-order valence-electron chi connectivity index (χ2n) is 1.22. The molecule has 0 aliphatic heterocycles. The second-order valence-corrected chi connectivity index (χ2v) is 2.02. The van der Waals surface area contributed by atoms with Gasteiger partial charge in [0.25, 0.3) is 0 Å². The van der Waals surface area contributed by atoms with Gasteiger partial charge in [0.1, 0.15) is 0 Å². The Morgan fingerprint density at radius 3 is 1.83 bits per heavy atom. The summed E-state index contributed by atoms with van der Waals surface area (Å²) in [5.41, 5.74) is 0. The molecule has 0 spiro atoms. The van der Waals surface area contributed by atoms with Gasteiger partial charge in [0.05, 0.1) is 0 Å². The SMILES string of the molecule is CCC(C)[S-].[K+]. The summed E-state index contributed by atoms with van der Waals surface area (Å²) in [6, 6.07) is 0. The summed E-state index contributed by atoms with van der Waals surface area (Å²) in [4.78, 5) is 0. The third-order valence-electron chi connectivity index (χ3n) is 0.575. The zero-order valence-electron chi connectivity index (χ0n) is 4.69. The van der Waals surface area contributed by atoms with Crippen LogP contribution < -0.4 is 51.4 Å². The van der Waals surface area contributed by atoms with Gasteiger partial charge in [0.15, 0.2) is 0 Å². The van der Waals surface area contributed by atoms with E-state index in [0.29, 0.717) is 5.25 Å². The molecule has 0 saturated heterocycles. The summed E-state index contributed by atoms with van der Waals surface area (Å²) >= 11 is 4.78. The van der Waals surface area contributed by atoms with E-state index >= 15 is 0 Å². The van der Waals surface area contributed by atoms with E-state index in [4.69, 9.17) is 12.6 Å². The Kier molecular flexibility index (Phi) is 12.7. The van der Waals surface area contributed by atoms with Crippen LogP contribution in [-0.4, -0.2) is 5.25 Å². The number of rotatable bonds is 1. The van der Waals surface area contributed by atoms with Gasteiger partial charge >= 0.3 is 51.4 Å². The molecule has 32 valence electrons. The predicted octanol–water partition coefficient (Wildman–Crippen LogP) is -1.66. The van der Waals surface area contributed by atoms with Crippen molar-refractivity contribution in [2.24, 2.45) is 0 Å². The van der Waals surface area contributed by atoms with E-state index in [1.54, 1.807) is 0 Å². The fraction of sp³-hybridized carbons (Fsp3) is 1.00. The second kappa shape index (κ2) is 6.99. The van der Waals surface area contributed by atoms with Crippen molar-refractivity contribution in [1.82, 2.24) is 0 Å². The fourth-order valence-electron chi connectivity index (χ4n) is 0. The van der Waals surface area contributed by atoms with Crippen LogP contribution in [0, 0.1) is 0 Å². The maximum absolute atomic E-state index is 4.78. The number of hydrogen-bond donors (Lipinski definition) is 0. The van der Waals surface area contributed by atoms with Crippen molar-refractivity contribution in [1.29, 1.82) is 0 Å². The minimum Gasteiger partial charge on any atom is -0.789 e. The quantitative estimate of drug-likeness (QED) is 0.301. The monoisotopic (exact) mass is 128 g/mol. The summed E-state index contributed by atoms with van der Waals surface area (Å²) < 4.78 is 0. The first-order chi connectivity index (χ1) is 2.27. The van der Waals surface area contributed by atoms with Crippen molar-refractivity contribution >= 4 is 12.6 Å². The molecule has 0 saturated carbocycles. The molecule has 0 aromatic carbocycles. The van der Waals surface area contributed by atoms with Crippen LogP contribution >= 0.6 is 0 Å². The minimum atomic E-state index is 0. The van der Waals surface area contributed by atoms with Gasteiger partial charge in [-0.2, -0.15) is 5.25 Å². The Bertz CT molecular complexity index is 21.5. The van der Waals surface area contributed by atoms with Gasteiger partial charge in [0, 0.05) is 0 Å². The topological polar surface area (TPSA) is 0 Å². The van der Waals surface area contributed by atoms with Crippen LogP contribution in [0.4, 0.5) is 0 Å². The molecule has 0 heterocycles. The molecule has 0 aromatic heterocycles. The third-order valence-corrected chi connectivity index (χ3v) is 0.908. The first kappa shape index (κ1) is 10.9. The maximum Gasteiger partial charge on any atom is 1.00 e. The van der Waals surface area contributed by atoms with Crippen molar-refractivity contribution in [3.8, 4) is 0 Å². The van der Waals surface area contributed by atoms with E-state index in [0.717, 1.165) is 6.42 Å². The van der Waals surface area contributed by atoms with Crippen LogP contribution in [0.2, 0.25) is 0 Å². The summed E-state index contributed by atoms with van der Waals surface area (Å²) in [6.45, 7) is 4.13. The summed E-state index contributed by atoms with van der Waals surface area (Å²) in [7, 11) is 0. The molecule has 2 heteroatoms. The van der Waals surface area contributed by atoms with E-state index in [-0.39, 0.29) is 51.4 Å². The minimum absolute atomic E-state index is 0. The van der Waals surface area contributed by atoms with Crippen LogP contribution in [0.1, 0.15) is 20.3 Å². The van der Waals surface area contributed by atoms with Gasteiger partial charge in [-0.3, -0.25) is 0 Å². The molecule has 0 nitrogen and oxygen atoms in total. The molecule has 0 aliphatic rings. The maximum atomic E-state index is 4.78. The van der Waals surface area contributed by atoms with E-state index in [2.05, 4.69) is 6.92 Å². The van der Waals surface area contributed by atoms with Gasteiger partial charge in [-0.25, -0.2) is 0 Å². The first-order valence-electron chi connectivity index (χ1n) is 1.93. The van der Waals surface area contributed by atoms with Gasteiger partial charge in [0.2, 0.25) is 0 Å². The average Bonchev–Trinajstić information content (AvgIpc) is 1.38. The van der Waals surface area contributed by atoms with Crippen LogP contribution in [0.15, 0.2) is 0 Å². The average molecular weight is 128 g/mol. The van der Waals surface area contributed by atoms with Crippen molar-refractivity contribution in [3.05, 3.63) is 0 Å². The normalized spacial score (nSPS) is 12.5. The zero-order valence-corrected chi connectivity index (χ0v) is 8.63. The smallest absolute Gasteiger partial charge is 0.789 e. The summed E-state index contributed by atoms with van der Waals surface area (Å²) in [6.07, 6.45) is 1.12. The Labute approximate surface area is 87.9 Å². The largest absolute Gasteiger partial charge is 1.00 e.